The summed E-state index contributed by atoms with van der Waals surface area (Å²) in [6.07, 6.45) is 3.35. The maximum Gasteiger partial charge on any atom is 0.373 e. The zero-order valence-electron chi connectivity index (χ0n) is 12.0. The summed E-state index contributed by atoms with van der Waals surface area (Å²) in [5.41, 5.74) is 0. The van der Waals surface area contributed by atoms with Gasteiger partial charge < -0.3 is 19.7 Å². The van der Waals surface area contributed by atoms with Gasteiger partial charge in [-0.3, -0.25) is 9.59 Å². The molecule has 1 atom stereocenters. The first kappa shape index (κ1) is 16.9. The Labute approximate surface area is 119 Å². The lowest BCUT2D eigenvalue weighted by molar-refractivity contribution is -0.327. The maximum atomic E-state index is 11.5. The van der Waals surface area contributed by atoms with Crippen LogP contribution in [0.5, 0.6) is 0 Å². The topological polar surface area (TPSA) is 93.1 Å². The summed E-state index contributed by atoms with van der Waals surface area (Å²) >= 11 is 0. The van der Waals surface area contributed by atoms with Crippen molar-refractivity contribution < 1.29 is 29.3 Å². The molecule has 6 nitrogen and oxygen atoms in total. The van der Waals surface area contributed by atoms with Gasteiger partial charge in [-0.1, -0.05) is 13.3 Å². The standard InChI is InChI=1S/C14H24O6/c1-2-6-11(15)7-5-10-14(18)19-12(16)8-3-4-9-13(17)20-14/h11,15,18H,2-10H2,1H3. The molecular weight excluding hydrogens is 264 g/mol. The lowest BCUT2D eigenvalue weighted by atomic mass is 10.1. The van der Waals surface area contributed by atoms with Crippen LogP contribution in [0.25, 0.3) is 0 Å². The summed E-state index contributed by atoms with van der Waals surface area (Å²) in [4.78, 5) is 23.0. The molecule has 0 aromatic rings. The molecule has 0 amide bonds. The molecule has 0 aliphatic carbocycles. The summed E-state index contributed by atoms with van der Waals surface area (Å²) in [7, 11) is 0. The number of cyclic esters (lactones) is 2. The summed E-state index contributed by atoms with van der Waals surface area (Å²) in [6, 6.07) is 0. The number of rotatable bonds is 6. The minimum atomic E-state index is -2.19. The van der Waals surface area contributed by atoms with E-state index in [1.54, 1.807) is 0 Å². The number of esters is 2. The molecule has 1 aliphatic rings. The van der Waals surface area contributed by atoms with Crippen LogP contribution in [0.4, 0.5) is 0 Å². The Morgan fingerprint density at radius 1 is 1.15 bits per heavy atom. The predicted molar refractivity (Wildman–Crippen MR) is 70.4 cm³/mol. The third-order valence-electron chi connectivity index (χ3n) is 3.21. The van der Waals surface area contributed by atoms with Gasteiger partial charge in [-0.05, 0) is 32.1 Å². The molecule has 0 aromatic heterocycles. The zero-order chi connectivity index (χ0) is 15.0. The number of carbonyl (C=O) groups excluding carboxylic acids is 2. The van der Waals surface area contributed by atoms with Crippen LogP contribution < -0.4 is 0 Å². The highest BCUT2D eigenvalue weighted by Gasteiger charge is 2.36. The van der Waals surface area contributed by atoms with Gasteiger partial charge in [0.25, 0.3) is 0 Å². The number of hydrogen-bond donors (Lipinski definition) is 2. The summed E-state index contributed by atoms with van der Waals surface area (Å²) in [5, 5.41) is 19.7. The van der Waals surface area contributed by atoms with E-state index in [2.05, 4.69) is 0 Å². The minimum absolute atomic E-state index is 0.0226. The molecule has 20 heavy (non-hydrogen) atoms. The van der Waals surface area contributed by atoms with Crippen molar-refractivity contribution in [3.05, 3.63) is 0 Å². The largest absolute Gasteiger partial charge is 0.398 e. The number of hydrogen-bond acceptors (Lipinski definition) is 6. The van der Waals surface area contributed by atoms with E-state index in [4.69, 9.17) is 9.47 Å². The smallest absolute Gasteiger partial charge is 0.373 e. The highest BCUT2D eigenvalue weighted by Crippen LogP contribution is 2.23. The van der Waals surface area contributed by atoms with Gasteiger partial charge in [-0.2, -0.15) is 0 Å². The Kier molecular flexibility index (Phi) is 6.95. The number of aliphatic hydroxyl groups is 2. The van der Waals surface area contributed by atoms with E-state index < -0.39 is 24.0 Å². The van der Waals surface area contributed by atoms with Gasteiger partial charge >= 0.3 is 17.9 Å². The van der Waals surface area contributed by atoms with Crippen molar-refractivity contribution in [1.82, 2.24) is 0 Å². The molecule has 0 bridgehead atoms. The van der Waals surface area contributed by atoms with E-state index in [9.17, 15) is 19.8 Å². The van der Waals surface area contributed by atoms with E-state index in [0.717, 1.165) is 6.42 Å². The van der Waals surface area contributed by atoms with Gasteiger partial charge in [0.2, 0.25) is 0 Å². The van der Waals surface area contributed by atoms with Crippen molar-refractivity contribution in [2.75, 3.05) is 0 Å². The SMILES string of the molecule is CCCC(O)CCCC1(O)OC(=O)CCCCC(=O)O1. The first-order chi connectivity index (χ1) is 9.45. The van der Waals surface area contributed by atoms with Gasteiger partial charge in [0.15, 0.2) is 0 Å². The van der Waals surface area contributed by atoms with Gasteiger partial charge in [-0.25, -0.2) is 0 Å². The van der Waals surface area contributed by atoms with Crippen LogP contribution in [-0.2, 0) is 19.1 Å². The molecule has 1 unspecified atom stereocenters. The molecular formula is C14H24O6. The van der Waals surface area contributed by atoms with Crippen molar-refractivity contribution in [1.29, 1.82) is 0 Å². The van der Waals surface area contributed by atoms with E-state index in [1.807, 2.05) is 6.92 Å². The third kappa shape index (κ3) is 6.34. The monoisotopic (exact) mass is 288 g/mol. The van der Waals surface area contributed by atoms with Gasteiger partial charge in [0.1, 0.15) is 0 Å². The molecule has 1 saturated heterocycles. The first-order valence-corrected chi connectivity index (χ1v) is 7.29. The van der Waals surface area contributed by atoms with E-state index in [-0.39, 0.29) is 19.3 Å². The summed E-state index contributed by atoms with van der Waals surface area (Å²) in [5.74, 6) is -3.34. The van der Waals surface area contributed by atoms with Crippen LogP contribution in [0, 0.1) is 0 Å². The molecule has 0 saturated carbocycles. The molecule has 0 aromatic carbocycles. The average molecular weight is 288 g/mol. The van der Waals surface area contributed by atoms with E-state index >= 15 is 0 Å². The summed E-state index contributed by atoms with van der Waals surface area (Å²) < 4.78 is 9.73. The number of carbonyl (C=O) groups is 2. The fraction of sp³-hybridized carbons (Fsp3) is 0.857. The van der Waals surface area contributed by atoms with Crippen molar-refractivity contribution in [2.24, 2.45) is 0 Å². The molecule has 6 heteroatoms. The number of ether oxygens (including phenoxy) is 2. The van der Waals surface area contributed by atoms with E-state index in [0.29, 0.717) is 32.1 Å². The van der Waals surface area contributed by atoms with Crippen LogP contribution in [0.2, 0.25) is 0 Å². The zero-order valence-corrected chi connectivity index (χ0v) is 12.0. The Balaban J connectivity index is 2.51. The molecule has 0 radical (unpaired) electrons. The molecule has 1 heterocycles. The number of aliphatic hydroxyl groups excluding tert-OH is 1. The predicted octanol–water partition coefficient (Wildman–Crippen LogP) is 1.62. The maximum absolute atomic E-state index is 11.5. The normalized spacial score (nSPS) is 21.1. The molecule has 116 valence electrons. The minimum Gasteiger partial charge on any atom is -0.398 e. The van der Waals surface area contributed by atoms with Crippen molar-refractivity contribution in [3.8, 4) is 0 Å². The van der Waals surface area contributed by atoms with Crippen LogP contribution >= 0.6 is 0 Å². The van der Waals surface area contributed by atoms with Gasteiger partial charge in [0, 0.05) is 12.8 Å². The fourth-order valence-corrected chi connectivity index (χ4v) is 2.16. The molecule has 2 N–H and O–H groups in total. The Morgan fingerprint density at radius 2 is 1.70 bits per heavy atom. The first-order valence-electron chi connectivity index (χ1n) is 7.29. The third-order valence-corrected chi connectivity index (χ3v) is 3.21. The van der Waals surface area contributed by atoms with Crippen molar-refractivity contribution in [3.63, 3.8) is 0 Å². The quantitative estimate of drug-likeness (QED) is 0.721. The van der Waals surface area contributed by atoms with Crippen molar-refractivity contribution in [2.45, 2.75) is 76.8 Å². The molecule has 1 fully saturated rings. The molecule has 1 rings (SSSR count). The highest BCUT2D eigenvalue weighted by molar-refractivity contribution is 5.72. The Bertz CT molecular complexity index is 308. The average Bonchev–Trinajstić information content (AvgIpc) is 2.39. The second kappa shape index (κ2) is 8.21. The lowest BCUT2D eigenvalue weighted by Crippen LogP contribution is -2.39. The van der Waals surface area contributed by atoms with Crippen LogP contribution in [0.15, 0.2) is 0 Å². The van der Waals surface area contributed by atoms with Gasteiger partial charge in [-0.15, -0.1) is 0 Å². The summed E-state index contributed by atoms with van der Waals surface area (Å²) in [6.45, 7) is 1.97. The second-order valence-corrected chi connectivity index (χ2v) is 5.20. The Hall–Kier alpha value is -1.14. The highest BCUT2D eigenvalue weighted by atomic mass is 16.8. The Morgan fingerprint density at radius 3 is 2.20 bits per heavy atom. The lowest BCUT2D eigenvalue weighted by Gasteiger charge is -2.26. The molecule has 1 aliphatic heterocycles. The van der Waals surface area contributed by atoms with Crippen LogP contribution in [-0.4, -0.2) is 34.2 Å². The van der Waals surface area contributed by atoms with Gasteiger partial charge in [0.05, 0.1) is 12.5 Å². The fourth-order valence-electron chi connectivity index (χ4n) is 2.16. The molecule has 0 spiro atoms. The van der Waals surface area contributed by atoms with Crippen LogP contribution in [0.3, 0.4) is 0 Å². The van der Waals surface area contributed by atoms with Crippen molar-refractivity contribution >= 4 is 11.9 Å². The van der Waals surface area contributed by atoms with E-state index in [1.165, 1.54) is 0 Å². The van der Waals surface area contributed by atoms with Crippen LogP contribution in [0.1, 0.15) is 64.7 Å². The second-order valence-electron chi connectivity index (χ2n) is 5.20.